The molecule has 2 aliphatic rings. The van der Waals surface area contributed by atoms with Crippen molar-refractivity contribution < 1.29 is 18.7 Å². The molecule has 4 rings (SSSR count). The molecule has 2 amide bonds. The number of cyclic esters (lactones) is 1. The fraction of sp³-hybridized carbons (Fsp3) is 0.353. The van der Waals surface area contributed by atoms with Crippen LogP contribution in [0, 0.1) is 5.82 Å². The van der Waals surface area contributed by atoms with Gasteiger partial charge in [0.1, 0.15) is 24.7 Å². The molecular formula is C17H17FN4O3. The number of ether oxygens (including phenoxy) is 1. The lowest BCUT2D eigenvalue weighted by atomic mass is 10.0. The predicted molar refractivity (Wildman–Crippen MR) is 86.0 cm³/mol. The average Bonchev–Trinajstić information content (AvgIpc) is 3.21. The normalized spacial score (nSPS) is 16.8. The highest BCUT2D eigenvalue weighted by atomic mass is 19.1. The average molecular weight is 344 g/mol. The number of nitrogens with one attached hydrogen (secondary N) is 1. The van der Waals surface area contributed by atoms with Crippen molar-refractivity contribution in [1.82, 2.24) is 20.0 Å². The molecule has 0 unspecified atom stereocenters. The highest BCUT2D eigenvalue weighted by molar-refractivity contribution is 5.83. The number of rotatable bonds is 3. The second-order valence-corrected chi connectivity index (χ2v) is 6.11. The Bertz CT molecular complexity index is 835. The number of halogens is 1. The summed E-state index contributed by atoms with van der Waals surface area (Å²) in [5, 5.41) is 7.20. The minimum absolute atomic E-state index is 0.00104. The maximum absolute atomic E-state index is 14.1. The monoisotopic (exact) mass is 344 g/mol. The molecule has 1 aromatic heterocycles. The SMILES string of the molecule is O=C(CN1CCOC1=O)N1CCc2[nH]nc(-c3ccccc3F)c2C1. The van der Waals surface area contributed by atoms with Gasteiger partial charge < -0.3 is 9.64 Å². The van der Waals surface area contributed by atoms with E-state index in [0.29, 0.717) is 43.9 Å². The number of benzene rings is 1. The van der Waals surface area contributed by atoms with Gasteiger partial charge in [-0.05, 0) is 12.1 Å². The van der Waals surface area contributed by atoms with Crippen LogP contribution < -0.4 is 0 Å². The van der Waals surface area contributed by atoms with Crippen molar-refractivity contribution in [2.45, 2.75) is 13.0 Å². The zero-order valence-corrected chi connectivity index (χ0v) is 13.5. The number of aromatic nitrogens is 2. The van der Waals surface area contributed by atoms with Crippen LogP contribution in [0.3, 0.4) is 0 Å². The first-order valence-electron chi connectivity index (χ1n) is 8.14. The van der Waals surface area contributed by atoms with E-state index in [-0.39, 0.29) is 18.3 Å². The molecule has 8 heteroatoms. The molecule has 3 heterocycles. The van der Waals surface area contributed by atoms with Crippen LogP contribution in [0.25, 0.3) is 11.3 Å². The van der Waals surface area contributed by atoms with Crippen LogP contribution in [0.1, 0.15) is 11.3 Å². The molecule has 0 spiro atoms. The maximum Gasteiger partial charge on any atom is 0.410 e. The van der Waals surface area contributed by atoms with Crippen molar-refractivity contribution in [3.05, 3.63) is 41.3 Å². The Morgan fingerprint density at radius 1 is 1.32 bits per heavy atom. The standard InChI is InChI=1S/C17H17FN4O3/c18-13-4-2-1-3-11(13)16-12-9-21(6-5-14(12)19-20-16)15(23)10-22-7-8-25-17(22)24/h1-4H,5-10H2,(H,19,20). The zero-order valence-electron chi connectivity index (χ0n) is 13.5. The van der Waals surface area contributed by atoms with Crippen LogP contribution in [-0.4, -0.2) is 58.2 Å². The summed E-state index contributed by atoms with van der Waals surface area (Å²) in [5.41, 5.74) is 2.69. The van der Waals surface area contributed by atoms with Gasteiger partial charge in [0.15, 0.2) is 0 Å². The maximum atomic E-state index is 14.1. The highest BCUT2D eigenvalue weighted by Gasteiger charge is 2.30. The van der Waals surface area contributed by atoms with E-state index in [9.17, 15) is 14.0 Å². The summed E-state index contributed by atoms with van der Waals surface area (Å²) in [6.45, 7) is 1.62. The van der Waals surface area contributed by atoms with E-state index in [1.165, 1.54) is 11.0 Å². The summed E-state index contributed by atoms with van der Waals surface area (Å²) in [6, 6.07) is 6.45. The lowest BCUT2D eigenvalue weighted by Gasteiger charge is -2.28. The Morgan fingerprint density at radius 2 is 2.16 bits per heavy atom. The summed E-state index contributed by atoms with van der Waals surface area (Å²) >= 11 is 0. The Hall–Kier alpha value is -2.90. The number of H-pyrrole nitrogens is 1. The molecule has 0 radical (unpaired) electrons. The first-order chi connectivity index (χ1) is 12.1. The molecule has 1 aromatic carbocycles. The quantitative estimate of drug-likeness (QED) is 0.916. The number of fused-ring (bicyclic) bond motifs is 1. The Labute approximate surface area is 143 Å². The molecule has 7 nitrogen and oxygen atoms in total. The molecule has 0 atom stereocenters. The van der Waals surface area contributed by atoms with E-state index in [1.54, 1.807) is 23.1 Å². The van der Waals surface area contributed by atoms with E-state index in [2.05, 4.69) is 10.2 Å². The van der Waals surface area contributed by atoms with Gasteiger partial charge in [0.2, 0.25) is 5.91 Å². The van der Waals surface area contributed by atoms with Crippen LogP contribution in [0.5, 0.6) is 0 Å². The second-order valence-electron chi connectivity index (χ2n) is 6.11. The lowest BCUT2D eigenvalue weighted by molar-refractivity contribution is -0.132. The number of carbonyl (C=O) groups is 2. The summed E-state index contributed by atoms with van der Waals surface area (Å²) in [4.78, 5) is 27.1. The van der Waals surface area contributed by atoms with Gasteiger partial charge in [-0.25, -0.2) is 9.18 Å². The Morgan fingerprint density at radius 3 is 2.92 bits per heavy atom. The minimum atomic E-state index is -0.457. The van der Waals surface area contributed by atoms with Crippen LogP contribution in [0.4, 0.5) is 9.18 Å². The van der Waals surface area contributed by atoms with Crippen LogP contribution in [-0.2, 0) is 22.5 Å². The Balaban J connectivity index is 1.55. The van der Waals surface area contributed by atoms with Gasteiger partial charge in [-0.2, -0.15) is 5.10 Å². The van der Waals surface area contributed by atoms with Crippen molar-refractivity contribution >= 4 is 12.0 Å². The highest BCUT2D eigenvalue weighted by Crippen LogP contribution is 2.30. The number of hydrogen-bond acceptors (Lipinski definition) is 4. The molecule has 0 bridgehead atoms. The predicted octanol–water partition coefficient (Wildman–Crippen LogP) is 1.55. The van der Waals surface area contributed by atoms with Gasteiger partial charge >= 0.3 is 6.09 Å². The summed E-state index contributed by atoms with van der Waals surface area (Å²) in [7, 11) is 0. The summed E-state index contributed by atoms with van der Waals surface area (Å²) in [6.07, 6.45) is 0.161. The van der Waals surface area contributed by atoms with Crippen molar-refractivity contribution in [1.29, 1.82) is 0 Å². The zero-order chi connectivity index (χ0) is 17.4. The molecular weight excluding hydrogens is 327 g/mol. The lowest BCUT2D eigenvalue weighted by Crippen LogP contribution is -2.43. The third kappa shape index (κ3) is 2.84. The fourth-order valence-electron chi connectivity index (χ4n) is 3.22. The largest absolute Gasteiger partial charge is 0.448 e. The van der Waals surface area contributed by atoms with Crippen molar-refractivity contribution in [3.63, 3.8) is 0 Å². The molecule has 1 saturated heterocycles. The molecule has 2 aliphatic heterocycles. The molecule has 0 aliphatic carbocycles. The molecule has 130 valence electrons. The Kier molecular flexibility index (Phi) is 3.87. The first-order valence-corrected chi connectivity index (χ1v) is 8.14. The van der Waals surface area contributed by atoms with Crippen molar-refractivity contribution in [2.75, 3.05) is 26.2 Å². The van der Waals surface area contributed by atoms with Gasteiger partial charge in [0.25, 0.3) is 0 Å². The number of amides is 2. The molecule has 2 aromatic rings. The van der Waals surface area contributed by atoms with Gasteiger partial charge in [-0.3, -0.25) is 14.8 Å². The summed E-state index contributed by atoms with van der Waals surface area (Å²) in [5.74, 6) is -0.495. The minimum Gasteiger partial charge on any atom is -0.448 e. The number of hydrogen-bond donors (Lipinski definition) is 1. The van der Waals surface area contributed by atoms with Crippen LogP contribution >= 0.6 is 0 Å². The van der Waals surface area contributed by atoms with E-state index in [1.807, 2.05) is 0 Å². The van der Waals surface area contributed by atoms with Gasteiger partial charge in [0.05, 0.1) is 6.54 Å². The third-order valence-corrected chi connectivity index (χ3v) is 4.59. The smallest absolute Gasteiger partial charge is 0.410 e. The first kappa shape index (κ1) is 15.6. The molecule has 1 N–H and O–H groups in total. The van der Waals surface area contributed by atoms with Gasteiger partial charge in [-0.1, -0.05) is 12.1 Å². The van der Waals surface area contributed by atoms with E-state index >= 15 is 0 Å². The summed E-state index contributed by atoms with van der Waals surface area (Å²) < 4.78 is 18.9. The van der Waals surface area contributed by atoms with E-state index in [0.717, 1.165) is 11.3 Å². The van der Waals surface area contributed by atoms with Gasteiger partial charge in [0, 0.05) is 36.3 Å². The van der Waals surface area contributed by atoms with Crippen LogP contribution in [0.15, 0.2) is 24.3 Å². The molecule has 0 saturated carbocycles. The molecule has 25 heavy (non-hydrogen) atoms. The van der Waals surface area contributed by atoms with Crippen molar-refractivity contribution in [3.8, 4) is 11.3 Å². The topological polar surface area (TPSA) is 78.5 Å². The second kappa shape index (κ2) is 6.19. The fourth-order valence-corrected chi connectivity index (χ4v) is 3.22. The van der Waals surface area contributed by atoms with E-state index < -0.39 is 6.09 Å². The third-order valence-electron chi connectivity index (χ3n) is 4.59. The molecule has 1 fully saturated rings. The van der Waals surface area contributed by atoms with E-state index in [4.69, 9.17) is 4.74 Å². The van der Waals surface area contributed by atoms with Crippen LogP contribution in [0.2, 0.25) is 0 Å². The number of carbonyl (C=O) groups excluding carboxylic acids is 2. The number of nitrogens with zero attached hydrogens (tertiary/aromatic N) is 3. The van der Waals surface area contributed by atoms with Crippen molar-refractivity contribution in [2.24, 2.45) is 0 Å². The number of aromatic amines is 1. The van der Waals surface area contributed by atoms with Gasteiger partial charge in [-0.15, -0.1) is 0 Å².